The van der Waals surface area contributed by atoms with E-state index in [-0.39, 0.29) is 11.4 Å². The summed E-state index contributed by atoms with van der Waals surface area (Å²) in [6, 6.07) is 6.81. The Morgan fingerprint density at radius 2 is 2.00 bits per heavy atom. The van der Waals surface area contributed by atoms with Gasteiger partial charge in [-0.3, -0.25) is 4.90 Å². The summed E-state index contributed by atoms with van der Waals surface area (Å²) >= 11 is 0. The molecule has 3 heteroatoms. The van der Waals surface area contributed by atoms with E-state index < -0.39 is 0 Å². The minimum Gasteiger partial charge on any atom is -0.300 e. The minimum atomic E-state index is -0.382. The summed E-state index contributed by atoms with van der Waals surface area (Å²) in [5, 5.41) is 8.69. The lowest BCUT2D eigenvalue weighted by Gasteiger charge is -2.18. The summed E-state index contributed by atoms with van der Waals surface area (Å²) in [7, 11) is 0. The summed E-state index contributed by atoms with van der Waals surface area (Å²) < 4.78 is 13.7. The van der Waals surface area contributed by atoms with Gasteiger partial charge in [-0.15, -0.1) is 0 Å². The Hall–Kier alpha value is -1.40. The molecule has 0 saturated heterocycles. The van der Waals surface area contributed by atoms with Crippen molar-refractivity contribution >= 4 is 0 Å². The molecule has 0 heterocycles. The average molecular weight is 206 g/mol. The second-order valence-electron chi connectivity index (χ2n) is 3.35. The third-order valence-electron chi connectivity index (χ3n) is 2.49. The second kappa shape index (κ2) is 5.47. The van der Waals surface area contributed by atoms with Gasteiger partial charge in [0, 0.05) is 12.1 Å². The number of nitrogens with zero attached hydrogens (tertiary/aromatic N) is 2. The van der Waals surface area contributed by atoms with Crippen LogP contribution in [0.1, 0.15) is 25.0 Å². The first-order chi connectivity index (χ1) is 7.22. The molecule has 1 aromatic rings. The standard InChI is InChI=1S/C12H15FN2/c1-3-15(4-2)9-11-7-5-6-10(8-14)12(11)13/h5-7H,3-4,9H2,1-2H3. The highest BCUT2D eigenvalue weighted by Gasteiger charge is 2.09. The first-order valence-corrected chi connectivity index (χ1v) is 5.12. The van der Waals surface area contributed by atoms with E-state index in [9.17, 15) is 4.39 Å². The van der Waals surface area contributed by atoms with E-state index in [1.54, 1.807) is 12.1 Å². The molecule has 0 N–H and O–H groups in total. The predicted molar refractivity (Wildman–Crippen MR) is 57.7 cm³/mol. The Balaban J connectivity index is 2.91. The summed E-state index contributed by atoms with van der Waals surface area (Å²) in [5.74, 6) is -0.382. The van der Waals surface area contributed by atoms with Crippen LogP contribution >= 0.6 is 0 Å². The zero-order chi connectivity index (χ0) is 11.3. The molecule has 2 nitrogen and oxygen atoms in total. The number of halogens is 1. The van der Waals surface area contributed by atoms with Gasteiger partial charge < -0.3 is 0 Å². The predicted octanol–water partition coefficient (Wildman–Crippen LogP) is 2.54. The maximum absolute atomic E-state index is 13.7. The van der Waals surface area contributed by atoms with Gasteiger partial charge in [-0.25, -0.2) is 4.39 Å². The number of rotatable bonds is 4. The zero-order valence-electron chi connectivity index (χ0n) is 9.13. The largest absolute Gasteiger partial charge is 0.300 e. The van der Waals surface area contributed by atoms with E-state index in [0.717, 1.165) is 13.1 Å². The fourth-order valence-corrected chi connectivity index (χ4v) is 1.48. The highest BCUT2D eigenvalue weighted by Crippen LogP contribution is 2.14. The van der Waals surface area contributed by atoms with E-state index in [0.29, 0.717) is 12.1 Å². The van der Waals surface area contributed by atoms with Crippen LogP contribution in [0.3, 0.4) is 0 Å². The number of hydrogen-bond acceptors (Lipinski definition) is 2. The van der Waals surface area contributed by atoms with Crippen LogP contribution in [0.15, 0.2) is 18.2 Å². The fraction of sp³-hybridized carbons (Fsp3) is 0.417. The third kappa shape index (κ3) is 2.77. The van der Waals surface area contributed by atoms with Crippen molar-refractivity contribution in [2.45, 2.75) is 20.4 Å². The summed E-state index contributed by atoms with van der Waals surface area (Å²) in [4.78, 5) is 2.11. The molecule has 0 radical (unpaired) electrons. The molecule has 0 aliphatic heterocycles. The normalized spacial score (nSPS) is 10.3. The van der Waals surface area contributed by atoms with Gasteiger partial charge in [0.15, 0.2) is 0 Å². The van der Waals surface area contributed by atoms with Crippen LogP contribution in [0.2, 0.25) is 0 Å². The quantitative estimate of drug-likeness (QED) is 0.757. The Kier molecular flexibility index (Phi) is 4.26. The van der Waals surface area contributed by atoms with Crippen molar-refractivity contribution in [1.29, 1.82) is 5.26 Å². The Morgan fingerprint density at radius 3 is 2.53 bits per heavy atom. The van der Waals surface area contributed by atoms with Gasteiger partial charge in [-0.2, -0.15) is 5.26 Å². The lowest BCUT2D eigenvalue weighted by Crippen LogP contribution is -2.22. The van der Waals surface area contributed by atoms with Gasteiger partial charge >= 0.3 is 0 Å². The zero-order valence-corrected chi connectivity index (χ0v) is 9.13. The molecule has 0 fully saturated rings. The molecule has 0 amide bonds. The van der Waals surface area contributed by atoms with E-state index >= 15 is 0 Å². The van der Waals surface area contributed by atoms with Crippen LogP contribution in [-0.2, 0) is 6.54 Å². The average Bonchev–Trinajstić information content (AvgIpc) is 2.28. The van der Waals surface area contributed by atoms with E-state index in [4.69, 9.17) is 5.26 Å². The maximum atomic E-state index is 13.7. The van der Waals surface area contributed by atoms with Crippen molar-refractivity contribution in [3.05, 3.63) is 35.1 Å². The molecule has 0 spiro atoms. The van der Waals surface area contributed by atoms with Crippen LogP contribution < -0.4 is 0 Å². The highest BCUT2D eigenvalue weighted by molar-refractivity contribution is 5.34. The fourth-order valence-electron chi connectivity index (χ4n) is 1.48. The Bertz CT molecular complexity index is 364. The summed E-state index contributed by atoms with van der Waals surface area (Å²) in [6.45, 7) is 6.40. The van der Waals surface area contributed by atoms with Crippen molar-refractivity contribution in [2.24, 2.45) is 0 Å². The van der Waals surface area contributed by atoms with Gasteiger partial charge in [0.25, 0.3) is 0 Å². The molecule has 0 saturated carbocycles. The van der Waals surface area contributed by atoms with Crippen molar-refractivity contribution in [1.82, 2.24) is 4.90 Å². The molecule has 1 rings (SSSR count). The van der Waals surface area contributed by atoms with Crippen molar-refractivity contribution < 1.29 is 4.39 Å². The van der Waals surface area contributed by atoms with Gasteiger partial charge in [0.05, 0.1) is 5.56 Å². The Labute approximate surface area is 89.9 Å². The van der Waals surface area contributed by atoms with Crippen LogP contribution in [0.4, 0.5) is 4.39 Å². The molecule has 0 atom stereocenters. The smallest absolute Gasteiger partial charge is 0.145 e. The third-order valence-corrected chi connectivity index (χ3v) is 2.49. The first-order valence-electron chi connectivity index (χ1n) is 5.12. The van der Waals surface area contributed by atoms with Crippen LogP contribution in [-0.4, -0.2) is 18.0 Å². The lowest BCUT2D eigenvalue weighted by molar-refractivity contribution is 0.291. The van der Waals surface area contributed by atoms with E-state index in [1.165, 1.54) is 6.07 Å². The van der Waals surface area contributed by atoms with Crippen LogP contribution in [0.25, 0.3) is 0 Å². The maximum Gasteiger partial charge on any atom is 0.145 e. The topological polar surface area (TPSA) is 27.0 Å². The molecular weight excluding hydrogens is 191 g/mol. The molecular formula is C12H15FN2. The molecule has 0 aliphatic rings. The molecule has 15 heavy (non-hydrogen) atoms. The second-order valence-corrected chi connectivity index (χ2v) is 3.35. The first kappa shape index (κ1) is 11.7. The summed E-state index contributed by atoms with van der Waals surface area (Å²) in [6.07, 6.45) is 0. The van der Waals surface area contributed by atoms with Crippen LogP contribution in [0, 0.1) is 17.1 Å². The van der Waals surface area contributed by atoms with Gasteiger partial charge in [0.1, 0.15) is 11.9 Å². The van der Waals surface area contributed by atoms with Crippen molar-refractivity contribution in [3.63, 3.8) is 0 Å². The minimum absolute atomic E-state index is 0.125. The Morgan fingerprint density at radius 1 is 1.33 bits per heavy atom. The van der Waals surface area contributed by atoms with Gasteiger partial charge in [-0.1, -0.05) is 26.0 Å². The number of hydrogen-bond donors (Lipinski definition) is 0. The van der Waals surface area contributed by atoms with Gasteiger partial charge in [-0.05, 0) is 19.2 Å². The molecule has 80 valence electrons. The van der Waals surface area contributed by atoms with Crippen molar-refractivity contribution in [3.8, 4) is 6.07 Å². The van der Waals surface area contributed by atoms with Gasteiger partial charge in [0.2, 0.25) is 0 Å². The summed E-state index contributed by atoms with van der Waals surface area (Å²) in [5.41, 5.74) is 0.720. The molecule has 0 unspecified atom stereocenters. The monoisotopic (exact) mass is 206 g/mol. The molecule has 0 aliphatic carbocycles. The molecule has 0 aromatic heterocycles. The van der Waals surface area contributed by atoms with E-state index in [2.05, 4.69) is 4.90 Å². The molecule has 0 bridgehead atoms. The highest BCUT2D eigenvalue weighted by atomic mass is 19.1. The number of nitriles is 1. The SMILES string of the molecule is CCN(CC)Cc1cccc(C#N)c1F. The van der Waals surface area contributed by atoms with Crippen LogP contribution in [0.5, 0.6) is 0 Å². The molecule has 1 aromatic carbocycles. The lowest BCUT2D eigenvalue weighted by atomic mass is 10.1. The van der Waals surface area contributed by atoms with Crippen molar-refractivity contribution in [2.75, 3.05) is 13.1 Å². The number of benzene rings is 1. The van der Waals surface area contributed by atoms with E-state index in [1.807, 2.05) is 19.9 Å².